The minimum atomic E-state index is -0.331. The predicted molar refractivity (Wildman–Crippen MR) is 81.1 cm³/mol. The third kappa shape index (κ3) is 4.07. The van der Waals surface area contributed by atoms with Crippen LogP contribution in [-0.4, -0.2) is 36.4 Å². The molecular weight excluding hydrogens is 266 g/mol. The molecular formula is C17H21NO3. The van der Waals surface area contributed by atoms with Crippen LogP contribution in [0.5, 0.6) is 0 Å². The Morgan fingerprint density at radius 2 is 2.33 bits per heavy atom. The number of aliphatic hydroxyl groups excluding tert-OH is 1. The van der Waals surface area contributed by atoms with Crippen molar-refractivity contribution in [3.8, 4) is 11.8 Å². The summed E-state index contributed by atoms with van der Waals surface area (Å²) in [5.41, 5.74) is 1.87. The van der Waals surface area contributed by atoms with Crippen molar-refractivity contribution in [3.63, 3.8) is 0 Å². The number of ether oxygens (including phenoxy) is 1. The molecule has 1 heterocycles. The summed E-state index contributed by atoms with van der Waals surface area (Å²) >= 11 is 0. The molecule has 1 saturated heterocycles. The summed E-state index contributed by atoms with van der Waals surface area (Å²) in [5.74, 6) is 5.30. The summed E-state index contributed by atoms with van der Waals surface area (Å²) in [7, 11) is 0. The molecule has 21 heavy (non-hydrogen) atoms. The van der Waals surface area contributed by atoms with Crippen LogP contribution < -0.4 is 5.32 Å². The summed E-state index contributed by atoms with van der Waals surface area (Å²) in [6.07, 6.45) is 1.85. The van der Waals surface area contributed by atoms with E-state index in [1.165, 1.54) is 0 Å². The molecule has 4 nitrogen and oxygen atoms in total. The fourth-order valence-corrected chi connectivity index (χ4v) is 2.47. The Labute approximate surface area is 125 Å². The lowest BCUT2D eigenvalue weighted by Gasteiger charge is -2.34. The molecule has 4 heteroatoms. The Hall–Kier alpha value is -1.83. The highest BCUT2D eigenvalue weighted by atomic mass is 16.5. The number of hydrogen-bond donors (Lipinski definition) is 2. The first-order valence-corrected chi connectivity index (χ1v) is 7.15. The van der Waals surface area contributed by atoms with E-state index < -0.39 is 0 Å². The summed E-state index contributed by atoms with van der Waals surface area (Å²) < 4.78 is 5.46. The molecule has 0 aliphatic carbocycles. The lowest BCUT2D eigenvalue weighted by Crippen LogP contribution is -2.51. The summed E-state index contributed by atoms with van der Waals surface area (Å²) in [5, 5.41) is 11.9. The highest BCUT2D eigenvalue weighted by Gasteiger charge is 2.30. The first-order chi connectivity index (χ1) is 10.0. The van der Waals surface area contributed by atoms with Crippen molar-refractivity contribution in [2.75, 3.05) is 19.8 Å². The van der Waals surface area contributed by atoms with Gasteiger partial charge in [0.2, 0.25) is 0 Å². The summed E-state index contributed by atoms with van der Waals surface area (Å²) in [6, 6.07) is 5.52. The monoisotopic (exact) mass is 287 g/mol. The van der Waals surface area contributed by atoms with Crippen LogP contribution in [0, 0.1) is 18.8 Å². The SMILES string of the molecule is Cc1ccc(C(=O)NC2(C)CCCOC2)c(C#CCO)c1. The Bertz CT molecular complexity index is 577. The fourth-order valence-electron chi connectivity index (χ4n) is 2.47. The van der Waals surface area contributed by atoms with E-state index in [-0.39, 0.29) is 18.1 Å². The van der Waals surface area contributed by atoms with Gasteiger partial charge in [-0.1, -0.05) is 17.9 Å². The minimum Gasteiger partial charge on any atom is -0.384 e. The van der Waals surface area contributed by atoms with E-state index >= 15 is 0 Å². The van der Waals surface area contributed by atoms with Gasteiger partial charge in [-0.3, -0.25) is 4.79 Å². The van der Waals surface area contributed by atoms with Crippen LogP contribution in [0.2, 0.25) is 0 Å². The Morgan fingerprint density at radius 1 is 1.52 bits per heavy atom. The second kappa shape index (κ2) is 6.75. The van der Waals surface area contributed by atoms with Crippen LogP contribution in [0.15, 0.2) is 18.2 Å². The number of benzene rings is 1. The maximum Gasteiger partial charge on any atom is 0.253 e. The quantitative estimate of drug-likeness (QED) is 0.813. The summed E-state index contributed by atoms with van der Waals surface area (Å²) in [6.45, 7) is 5.01. The van der Waals surface area contributed by atoms with Gasteiger partial charge in [-0.15, -0.1) is 0 Å². The molecule has 0 aromatic heterocycles. The van der Waals surface area contributed by atoms with E-state index in [1.807, 2.05) is 26.0 Å². The smallest absolute Gasteiger partial charge is 0.253 e. The molecule has 1 unspecified atom stereocenters. The molecule has 0 radical (unpaired) electrons. The van der Waals surface area contributed by atoms with E-state index in [9.17, 15) is 4.79 Å². The van der Waals surface area contributed by atoms with Crippen LogP contribution in [0.4, 0.5) is 0 Å². The van der Waals surface area contributed by atoms with Gasteiger partial charge in [0.1, 0.15) is 6.61 Å². The molecule has 0 saturated carbocycles. The van der Waals surface area contributed by atoms with Crippen LogP contribution in [0.1, 0.15) is 41.3 Å². The molecule has 112 valence electrons. The Balaban J connectivity index is 2.22. The van der Waals surface area contributed by atoms with Crippen LogP contribution in [-0.2, 0) is 4.74 Å². The molecule has 1 atom stereocenters. The van der Waals surface area contributed by atoms with Gasteiger partial charge in [-0.05, 0) is 44.4 Å². The molecule has 0 spiro atoms. The third-order valence-corrected chi connectivity index (χ3v) is 3.57. The zero-order valence-electron chi connectivity index (χ0n) is 12.5. The number of carbonyl (C=O) groups excluding carboxylic acids is 1. The number of aryl methyl sites for hydroxylation is 1. The third-order valence-electron chi connectivity index (χ3n) is 3.57. The molecule has 1 aliphatic heterocycles. The Morgan fingerprint density at radius 3 is 3.00 bits per heavy atom. The molecule has 1 fully saturated rings. The van der Waals surface area contributed by atoms with E-state index in [4.69, 9.17) is 9.84 Å². The second-order valence-electron chi connectivity index (χ2n) is 5.68. The van der Waals surface area contributed by atoms with Crippen LogP contribution in [0.3, 0.4) is 0 Å². The molecule has 0 bridgehead atoms. The molecule has 2 N–H and O–H groups in total. The molecule has 1 aromatic carbocycles. The van der Waals surface area contributed by atoms with Gasteiger partial charge in [0, 0.05) is 12.2 Å². The number of amides is 1. The molecule has 1 amide bonds. The van der Waals surface area contributed by atoms with Crippen molar-refractivity contribution in [2.24, 2.45) is 0 Å². The standard InChI is InChI=1S/C17H21NO3/c1-13-6-7-15(14(11-13)5-3-9-19)16(20)18-17(2)8-4-10-21-12-17/h6-7,11,19H,4,8-10,12H2,1-2H3,(H,18,20). The largest absolute Gasteiger partial charge is 0.384 e. The van der Waals surface area contributed by atoms with Gasteiger partial charge in [0.05, 0.1) is 17.7 Å². The number of aliphatic hydroxyl groups is 1. The maximum atomic E-state index is 12.5. The Kier molecular flexibility index (Phi) is 5.00. The zero-order chi connectivity index (χ0) is 15.3. The summed E-state index contributed by atoms with van der Waals surface area (Å²) in [4.78, 5) is 12.5. The highest BCUT2D eigenvalue weighted by Crippen LogP contribution is 2.20. The van der Waals surface area contributed by atoms with Crippen LogP contribution >= 0.6 is 0 Å². The predicted octanol–water partition coefficient (Wildman–Crippen LogP) is 1.64. The number of rotatable bonds is 2. The van der Waals surface area contributed by atoms with Gasteiger partial charge >= 0.3 is 0 Å². The average molecular weight is 287 g/mol. The van der Waals surface area contributed by atoms with Crippen molar-refractivity contribution >= 4 is 5.91 Å². The number of carbonyl (C=O) groups is 1. The maximum absolute atomic E-state index is 12.5. The average Bonchev–Trinajstić information content (AvgIpc) is 2.45. The highest BCUT2D eigenvalue weighted by molar-refractivity contribution is 5.97. The van der Waals surface area contributed by atoms with Crippen molar-refractivity contribution < 1.29 is 14.6 Å². The minimum absolute atomic E-state index is 0.148. The van der Waals surface area contributed by atoms with Gasteiger partial charge in [0.25, 0.3) is 5.91 Å². The number of nitrogens with one attached hydrogen (secondary N) is 1. The lowest BCUT2D eigenvalue weighted by molar-refractivity contribution is 0.0272. The molecule has 2 rings (SSSR count). The first kappa shape index (κ1) is 15.6. The van der Waals surface area contributed by atoms with E-state index in [2.05, 4.69) is 17.2 Å². The van der Waals surface area contributed by atoms with E-state index in [1.54, 1.807) is 6.07 Å². The van der Waals surface area contributed by atoms with Gasteiger partial charge in [0.15, 0.2) is 0 Å². The lowest BCUT2D eigenvalue weighted by atomic mass is 9.94. The molecule has 1 aliphatic rings. The fraction of sp³-hybridized carbons (Fsp3) is 0.471. The first-order valence-electron chi connectivity index (χ1n) is 7.15. The molecule has 1 aromatic rings. The van der Waals surface area contributed by atoms with Gasteiger partial charge in [-0.2, -0.15) is 0 Å². The normalized spacial score (nSPS) is 21.3. The van der Waals surface area contributed by atoms with Crippen molar-refractivity contribution in [3.05, 3.63) is 34.9 Å². The second-order valence-corrected chi connectivity index (χ2v) is 5.68. The van der Waals surface area contributed by atoms with Crippen LogP contribution in [0.25, 0.3) is 0 Å². The van der Waals surface area contributed by atoms with Crippen molar-refractivity contribution in [1.29, 1.82) is 0 Å². The van der Waals surface area contributed by atoms with Crippen molar-refractivity contribution in [2.45, 2.75) is 32.2 Å². The topological polar surface area (TPSA) is 58.6 Å². The van der Waals surface area contributed by atoms with Gasteiger partial charge in [-0.25, -0.2) is 0 Å². The van der Waals surface area contributed by atoms with Gasteiger partial charge < -0.3 is 15.2 Å². The van der Waals surface area contributed by atoms with E-state index in [0.717, 1.165) is 25.0 Å². The van der Waals surface area contributed by atoms with Crippen molar-refractivity contribution in [1.82, 2.24) is 5.32 Å². The number of hydrogen-bond acceptors (Lipinski definition) is 3. The zero-order valence-corrected chi connectivity index (χ0v) is 12.5. The van der Waals surface area contributed by atoms with E-state index in [0.29, 0.717) is 17.7 Å².